The van der Waals surface area contributed by atoms with Crippen molar-refractivity contribution in [2.24, 2.45) is 11.3 Å². The van der Waals surface area contributed by atoms with E-state index in [1.165, 1.54) is 6.92 Å². The van der Waals surface area contributed by atoms with Gasteiger partial charge in [0, 0.05) is 18.3 Å². The van der Waals surface area contributed by atoms with E-state index < -0.39 is 16.6 Å². The third-order valence-electron chi connectivity index (χ3n) is 6.29. The van der Waals surface area contributed by atoms with Gasteiger partial charge in [-0.1, -0.05) is 13.8 Å². The number of carbonyl (C=O) groups is 3. The fourth-order valence-corrected chi connectivity index (χ4v) is 4.55. The van der Waals surface area contributed by atoms with Crippen LogP contribution in [0.5, 0.6) is 0 Å². The maximum Gasteiger partial charge on any atom is 0.303 e. The van der Waals surface area contributed by atoms with E-state index in [1.54, 1.807) is 13.0 Å². The number of rotatable bonds is 2. The summed E-state index contributed by atoms with van der Waals surface area (Å²) in [4.78, 5) is 35.3. The van der Waals surface area contributed by atoms with Crippen LogP contribution in [0, 0.1) is 11.3 Å². The van der Waals surface area contributed by atoms with Crippen molar-refractivity contribution < 1.29 is 28.6 Å². The summed E-state index contributed by atoms with van der Waals surface area (Å²) >= 11 is 0. The second kappa shape index (κ2) is 4.11. The molecule has 2 aliphatic heterocycles. The third kappa shape index (κ3) is 1.68. The quantitative estimate of drug-likeness (QED) is 0.428. The van der Waals surface area contributed by atoms with E-state index >= 15 is 0 Å². The highest BCUT2D eigenvalue weighted by atomic mass is 16.6. The number of fused-ring (bicyclic) bond motifs is 3. The topological polar surface area (TPSA) is 85.5 Å². The number of hydrogen-bond donors (Lipinski definition) is 0. The monoisotopic (exact) mass is 320 g/mol. The zero-order valence-electron chi connectivity index (χ0n) is 13.6. The summed E-state index contributed by atoms with van der Waals surface area (Å²) < 4.78 is 16.8. The van der Waals surface area contributed by atoms with Gasteiger partial charge >= 0.3 is 5.97 Å². The number of ketones is 1. The van der Waals surface area contributed by atoms with Gasteiger partial charge in [0.1, 0.15) is 18.3 Å². The lowest BCUT2D eigenvalue weighted by atomic mass is 9.56. The van der Waals surface area contributed by atoms with Crippen LogP contribution in [0.4, 0.5) is 0 Å². The summed E-state index contributed by atoms with van der Waals surface area (Å²) in [5, 5.41) is 0. The van der Waals surface area contributed by atoms with Crippen molar-refractivity contribution in [3.63, 3.8) is 0 Å². The number of esters is 1. The molecule has 0 bridgehead atoms. The number of ether oxygens (including phenoxy) is 3. The van der Waals surface area contributed by atoms with Gasteiger partial charge in [0.25, 0.3) is 0 Å². The SMILES string of the molecule is CC(=O)O[C@@H]1C(C)[C@@]2(C)C[C@]3(O[C@]3(C)C=O)C(=O)C=C2[C@@H]2O[C@H]12. The molecule has 7 atom stereocenters. The van der Waals surface area contributed by atoms with Crippen LogP contribution in [-0.4, -0.2) is 47.6 Å². The van der Waals surface area contributed by atoms with Crippen LogP contribution in [0.15, 0.2) is 11.6 Å². The fourth-order valence-electron chi connectivity index (χ4n) is 4.55. The predicted octanol–water partition coefficient (Wildman–Crippen LogP) is 0.967. The van der Waals surface area contributed by atoms with Crippen LogP contribution in [0.25, 0.3) is 0 Å². The van der Waals surface area contributed by atoms with E-state index in [0.29, 0.717) is 12.7 Å². The molecule has 1 saturated carbocycles. The van der Waals surface area contributed by atoms with E-state index in [1.807, 2.05) is 13.8 Å². The lowest BCUT2D eigenvalue weighted by Gasteiger charge is -2.47. The van der Waals surface area contributed by atoms with Gasteiger partial charge in [0.2, 0.25) is 0 Å². The Morgan fingerprint density at radius 1 is 1.43 bits per heavy atom. The first-order valence-corrected chi connectivity index (χ1v) is 7.94. The molecule has 23 heavy (non-hydrogen) atoms. The van der Waals surface area contributed by atoms with Crippen LogP contribution in [0.1, 0.15) is 34.1 Å². The molecule has 2 aliphatic carbocycles. The van der Waals surface area contributed by atoms with E-state index in [9.17, 15) is 14.4 Å². The van der Waals surface area contributed by atoms with Crippen molar-refractivity contribution in [1.29, 1.82) is 0 Å². The maximum atomic E-state index is 12.6. The second-order valence-corrected chi connectivity index (χ2v) is 7.60. The van der Waals surface area contributed by atoms with Crippen molar-refractivity contribution in [2.45, 2.75) is 63.6 Å². The first-order chi connectivity index (χ1) is 10.7. The molecule has 2 saturated heterocycles. The van der Waals surface area contributed by atoms with Crippen molar-refractivity contribution >= 4 is 18.0 Å². The van der Waals surface area contributed by atoms with Crippen molar-refractivity contribution in [2.75, 3.05) is 0 Å². The highest BCUT2D eigenvalue weighted by molar-refractivity contribution is 6.06. The molecular weight excluding hydrogens is 300 g/mol. The molecule has 2 heterocycles. The second-order valence-electron chi connectivity index (χ2n) is 7.60. The number of aldehydes is 1. The molecule has 0 N–H and O–H groups in total. The van der Waals surface area contributed by atoms with Gasteiger partial charge in [-0.3, -0.25) is 9.59 Å². The Morgan fingerprint density at radius 3 is 2.70 bits per heavy atom. The highest BCUT2D eigenvalue weighted by Crippen LogP contribution is 2.65. The van der Waals surface area contributed by atoms with Gasteiger partial charge < -0.3 is 19.0 Å². The molecule has 6 nitrogen and oxygen atoms in total. The predicted molar refractivity (Wildman–Crippen MR) is 77.5 cm³/mol. The fraction of sp³-hybridized carbons (Fsp3) is 0.706. The van der Waals surface area contributed by atoms with Crippen molar-refractivity contribution in [3.8, 4) is 0 Å². The Morgan fingerprint density at radius 2 is 2.13 bits per heavy atom. The van der Waals surface area contributed by atoms with Crippen LogP contribution in [0.3, 0.4) is 0 Å². The molecule has 124 valence electrons. The Labute approximate surface area is 134 Å². The van der Waals surface area contributed by atoms with Gasteiger partial charge in [-0.25, -0.2) is 0 Å². The molecule has 0 aromatic heterocycles. The average Bonchev–Trinajstić information content (AvgIpc) is 3.36. The molecule has 0 aromatic rings. The number of carbonyl (C=O) groups excluding carboxylic acids is 3. The first kappa shape index (κ1) is 15.0. The molecule has 3 fully saturated rings. The Bertz CT molecular complexity index is 668. The van der Waals surface area contributed by atoms with Crippen LogP contribution < -0.4 is 0 Å². The average molecular weight is 320 g/mol. The smallest absolute Gasteiger partial charge is 0.303 e. The number of hydrogen-bond acceptors (Lipinski definition) is 6. The summed E-state index contributed by atoms with van der Waals surface area (Å²) in [7, 11) is 0. The van der Waals surface area contributed by atoms with Crippen LogP contribution in [-0.2, 0) is 28.6 Å². The van der Waals surface area contributed by atoms with Gasteiger partial charge in [-0.05, 0) is 25.0 Å². The molecular formula is C17H20O6. The summed E-state index contributed by atoms with van der Waals surface area (Å²) in [5.74, 6) is -0.535. The van der Waals surface area contributed by atoms with E-state index in [-0.39, 0.29) is 36.0 Å². The molecule has 1 unspecified atom stereocenters. The zero-order valence-corrected chi connectivity index (χ0v) is 13.6. The molecule has 0 aromatic carbocycles. The normalized spacial score (nSPS) is 53.0. The maximum absolute atomic E-state index is 12.6. The van der Waals surface area contributed by atoms with Gasteiger partial charge in [0.15, 0.2) is 23.3 Å². The van der Waals surface area contributed by atoms with Gasteiger partial charge in [-0.15, -0.1) is 0 Å². The molecule has 6 heteroatoms. The minimum atomic E-state index is -1.08. The van der Waals surface area contributed by atoms with E-state index in [2.05, 4.69) is 0 Å². The lowest BCUT2D eigenvalue weighted by molar-refractivity contribution is -0.153. The lowest BCUT2D eigenvalue weighted by Crippen LogP contribution is -2.53. The van der Waals surface area contributed by atoms with Gasteiger partial charge in [0.05, 0.1) is 0 Å². The molecule has 1 spiro atoms. The zero-order chi connectivity index (χ0) is 16.8. The molecule has 4 rings (SSSR count). The van der Waals surface area contributed by atoms with Crippen LogP contribution in [0.2, 0.25) is 0 Å². The minimum Gasteiger partial charge on any atom is -0.459 e. The van der Waals surface area contributed by atoms with Crippen molar-refractivity contribution in [1.82, 2.24) is 0 Å². The standard InChI is InChI=1S/C17H20O6/c1-8-12(21-9(2)19)14-13(22-14)10-5-11(20)17(6-15(8,10)3)16(4,7-18)23-17/h5,7-8,12-14H,6H2,1-4H3/t8?,12-,13+,14-,15-,16-,17+/m1/s1. The Kier molecular flexibility index (Phi) is 2.68. The molecule has 4 aliphatic rings. The highest BCUT2D eigenvalue weighted by Gasteiger charge is 2.77. The third-order valence-corrected chi connectivity index (χ3v) is 6.29. The first-order valence-electron chi connectivity index (χ1n) is 7.94. The van der Waals surface area contributed by atoms with E-state index in [0.717, 1.165) is 5.57 Å². The Balaban J connectivity index is 1.74. The summed E-state index contributed by atoms with van der Waals surface area (Å²) in [6.07, 6.45) is 2.02. The largest absolute Gasteiger partial charge is 0.459 e. The summed E-state index contributed by atoms with van der Waals surface area (Å²) in [5.41, 5.74) is -1.61. The summed E-state index contributed by atoms with van der Waals surface area (Å²) in [6.45, 7) is 7.08. The minimum absolute atomic E-state index is 0.0357. The van der Waals surface area contributed by atoms with Crippen LogP contribution >= 0.6 is 0 Å². The van der Waals surface area contributed by atoms with E-state index in [4.69, 9.17) is 14.2 Å². The molecule has 0 radical (unpaired) electrons. The number of epoxide rings is 2. The van der Waals surface area contributed by atoms with Crippen molar-refractivity contribution in [3.05, 3.63) is 11.6 Å². The summed E-state index contributed by atoms with van der Waals surface area (Å²) in [6, 6.07) is 0. The Hall–Kier alpha value is -1.53. The molecule has 0 amide bonds. The van der Waals surface area contributed by atoms with Gasteiger partial charge in [-0.2, -0.15) is 0 Å².